The predicted octanol–water partition coefficient (Wildman–Crippen LogP) is 2.92. The SMILES string of the molecule is O=C(Nc1ccc(S(=O)(=O)Nc2ncccn2)cc1)C1CC(=O)N(c2cccc(Cl)c2)C1. The lowest BCUT2D eigenvalue weighted by atomic mass is 10.1. The Bertz CT molecular complexity index is 1250. The van der Waals surface area contributed by atoms with Crippen LogP contribution < -0.4 is 14.9 Å². The average Bonchev–Trinajstić information content (AvgIpc) is 3.16. The monoisotopic (exact) mass is 471 g/mol. The second-order valence-electron chi connectivity index (χ2n) is 7.08. The van der Waals surface area contributed by atoms with Crippen LogP contribution in [-0.2, 0) is 19.6 Å². The molecule has 2 amide bonds. The molecule has 2 N–H and O–H groups in total. The lowest BCUT2D eigenvalue weighted by molar-refractivity contribution is -0.122. The molecule has 11 heteroatoms. The van der Waals surface area contributed by atoms with E-state index in [-0.39, 0.29) is 35.6 Å². The molecule has 1 aliphatic rings. The minimum absolute atomic E-state index is 0.00822. The van der Waals surface area contributed by atoms with Crippen molar-refractivity contribution in [1.82, 2.24) is 9.97 Å². The summed E-state index contributed by atoms with van der Waals surface area (Å²) in [4.78, 5) is 34.2. The van der Waals surface area contributed by atoms with Crippen molar-refractivity contribution < 1.29 is 18.0 Å². The molecule has 0 radical (unpaired) electrons. The average molecular weight is 472 g/mol. The van der Waals surface area contributed by atoms with Crippen molar-refractivity contribution in [2.75, 3.05) is 21.5 Å². The molecule has 1 fully saturated rings. The van der Waals surface area contributed by atoms with Gasteiger partial charge in [0, 0.05) is 41.8 Å². The van der Waals surface area contributed by atoms with Gasteiger partial charge in [-0.2, -0.15) is 0 Å². The topological polar surface area (TPSA) is 121 Å². The summed E-state index contributed by atoms with van der Waals surface area (Å²) < 4.78 is 27.2. The normalized spacial score (nSPS) is 16.1. The van der Waals surface area contributed by atoms with Gasteiger partial charge >= 0.3 is 0 Å². The molecule has 2 aromatic carbocycles. The number of nitrogens with one attached hydrogen (secondary N) is 2. The number of hydrogen-bond acceptors (Lipinski definition) is 6. The predicted molar refractivity (Wildman–Crippen MR) is 120 cm³/mol. The lowest BCUT2D eigenvalue weighted by Gasteiger charge is -2.17. The zero-order valence-electron chi connectivity index (χ0n) is 16.6. The molecule has 1 aromatic heterocycles. The van der Waals surface area contributed by atoms with E-state index in [1.165, 1.54) is 41.6 Å². The first-order valence-corrected chi connectivity index (χ1v) is 11.4. The quantitative estimate of drug-likeness (QED) is 0.570. The van der Waals surface area contributed by atoms with E-state index < -0.39 is 15.9 Å². The van der Waals surface area contributed by atoms with Crippen LogP contribution in [0, 0.1) is 5.92 Å². The molecule has 1 saturated heterocycles. The Morgan fingerprint density at radius 3 is 2.47 bits per heavy atom. The molecule has 1 aliphatic heterocycles. The van der Waals surface area contributed by atoms with Crippen molar-refractivity contribution in [1.29, 1.82) is 0 Å². The van der Waals surface area contributed by atoms with Gasteiger partial charge in [-0.15, -0.1) is 0 Å². The van der Waals surface area contributed by atoms with Crippen LogP contribution in [0.2, 0.25) is 5.02 Å². The fourth-order valence-corrected chi connectivity index (χ4v) is 4.41. The van der Waals surface area contributed by atoms with E-state index in [0.29, 0.717) is 16.4 Å². The number of anilines is 3. The van der Waals surface area contributed by atoms with Gasteiger partial charge in [-0.1, -0.05) is 17.7 Å². The van der Waals surface area contributed by atoms with Crippen molar-refractivity contribution in [3.63, 3.8) is 0 Å². The van der Waals surface area contributed by atoms with Crippen LogP contribution in [0.15, 0.2) is 71.9 Å². The van der Waals surface area contributed by atoms with Crippen LogP contribution in [0.25, 0.3) is 0 Å². The number of halogens is 1. The molecule has 0 saturated carbocycles. The Morgan fingerprint density at radius 2 is 1.78 bits per heavy atom. The maximum absolute atomic E-state index is 12.7. The highest BCUT2D eigenvalue weighted by Crippen LogP contribution is 2.28. The second-order valence-corrected chi connectivity index (χ2v) is 9.20. The Balaban J connectivity index is 1.40. The van der Waals surface area contributed by atoms with Gasteiger partial charge in [0.1, 0.15) is 0 Å². The molecule has 0 bridgehead atoms. The van der Waals surface area contributed by atoms with E-state index in [1.807, 2.05) is 0 Å². The van der Waals surface area contributed by atoms with E-state index in [1.54, 1.807) is 30.3 Å². The van der Waals surface area contributed by atoms with Gasteiger partial charge < -0.3 is 10.2 Å². The van der Waals surface area contributed by atoms with E-state index >= 15 is 0 Å². The van der Waals surface area contributed by atoms with Crippen molar-refractivity contribution in [3.8, 4) is 0 Å². The maximum atomic E-state index is 12.7. The zero-order valence-corrected chi connectivity index (χ0v) is 18.2. The molecule has 3 aromatic rings. The molecule has 1 atom stereocenters. The smallest absolute Gasteiger partial charge is 0.264 e. The Kier molecular flexibility index (Phi) is 6.06. The van der Waals surface area contributed by atoms with Gasteiger partial charge in [0.15, 0.2) is 0 Å². The summed E-state index contributed by atoms with van der Waals surface area (Å²) >= 11 is 6.00. The number of amides is 2. The highest BCUT2D eigenvalue weighted by Gasteiger charge is 2.35. The van der Waals surface area contributed by atoms with Crippen molar-refractivity contribution in [2.24, 2.45) is 5.92 Å². The summed E-state index contributed by atoms with van der Waals surface area (Å²) in [6.07, 6.45) is 2.92. The molecule has 4 rings (SSSR count). The highest BCUT2D eigenvalue weighted by atomic mass is 35.5. The summed E-state index contributed by atoms with van der Waals surface area (Å²) in [5.41, 5.74) is 1.06. The number of carbonyl (C=O) groups excluding carboxylic acids is 2. The van der Waals surface area contributed by atoms with Gasteiger partial charge in [-0.05, 0) is 48.5 Å². The van der Waals surface area contributed by atoms with E-state index in [4.69, 9.17) is 11.6 Å². The van der Waals surface area contributed by atoms with Gasteiger partial charge in [-0.25, -0.2) is 23.1 Å². The van der Waals surface area contributed by atoms with Crippen LogP contribution >= 0.6 is 11.6 Å². The van der Waals surface area contributed by atoms with E-state index in [9.17, 15) is 18.0 Å². The number of benzene rings is 2. The Morgan fingerprint density at radius 1 is 1.06 bits per heavy atom. The number of sulfonamides is 1. The maximum Gasteiger partial charge on any atom is 0.264 e. The molecular weight excluding hydrogens is 454 g/mol. The van der Waals surface area contributed by atoms with Crippen LogP contribution in [0.1, 0.15) is 6.42 Å². The molecule has 0 aliphatic carbocycles. The minimum Gasteiger partial charge on any atom is -0.326 e. The summed E-state index contributed by atoms with van der Waals surface area (Å²) in [7, 11) is -3.87. The lowest BCUT2D eigenvalue weighted by Crippen LogP contribution is -2.28. The van der Waals surface area contributed by atoms with Crippen LogP contribution in [0.4, 0.5) is 17.3 Å². The molecule has 1 unspecified atom stereocenters. The summed E-state index contributed by atoms with van der Waals surface area (Å²) in [5.74, 6) is -1.07. The third kappa shape index (κ3) is 4.87. The number of rotatable bonds is 6. The summed E-state index contributed by atoms with van der Waals surface area (Å²) in [5, 5.41) is 3.24. The number of hydrogen-bond donors (Lipinski definition) is 2. The zero-order chi connectivity index (χ0) is 22.7. The fraction of sp³-hybridized carbons (Fsp3) is 0.143. The van der Waals surface area contributed by atoms with Crippen LogP contribution in [0.5, 0.6) is 0 Å². The molecule has 9 nitrogen and oxygen atoms in total. The van der Waals surface area contributed by atoms with Crippen molar-refractivity contribution in [2.45, 2.75) is 11.3 Å². The van der Waals surface area contributed by atoms with E-state index in [2.05, 4.69) is 20.0 Å². The van der Waals surface area contributed by atoms with E-state index in [0.717, 1.165) is 0 Å². The number of carbonyl (C=O) groups is 2. The Labute approximate surface area is 189 Å². The third-order valence-corrected chi connectivity index (χ3v) is 6.42. The largest absolute Gasteiger partial charge is 0.326 e. The van der Waals surface area contributed by atoms with Crippen molar-refractivity contribution >= 4 is 50.8 Å². The molecular formula is C21H18ClN5O4S. The van der Waals surface area contributed by atoms with Crippen LogP contribution in [-0.4, -0.2) is 36.7 Å². The highest BCUT2D eigenvalue weighted by molar-refractivity contribution is 7.92. The standard InChI is InChI=1S/C21H18ClN5O4S/c22-15-3-1-4-17(12-15)27-13-14(11-19(27)28)20(29)25-16-5-7-18(8-6-16)32(30,31)26-21-23-9-2-10-24-21/h1-10,12,14H,11,13H2,(H,25,29)(H,23,24,26). The summed E-state index contributed by atoms with van der Waals surface area (Å²) in [6, 6.07) is 14.1. The number of aromatic nitrogens is 2. The Hall–Kier alpha value is -3.50. The van der Waals surface area contributed by atoms with Crippen LogP contribution in [0.3, 0.4) is 0 Å². The van der Waals surface area contributed by atoms with Gasteiger partial charge in [0.25, 0.3) is 10.0 Å². The molecule has 2 heterocycles. The fourth-order valence-electron chi connectivity index (χ4n) is 3.27. The van der Waals surface area contributed by atoms with Gasteiger partial charge in [0.2, 0.25) is 17.8 Å². The van der Waals surface area contributed by atoms with Crippen molar-refractivity contribution in [3.05, 3.63) is 72.0 Å². The first-order valence-electron chi connectivity index (χ1n) is 9.58. The number of nitrogens with zero attached hydrogens (tertiary/aromatic N) is 3. The molecule has 32 heavy (non-hydrogen) atoms. The third-order valence-electron chi connectivity index (χ3n) is 4.84. The van der Waals surface area contributed by atoms with Gasteiger partial charge in [0.05, 0.1) is 10.8 Å². The van der Waals surface area contributed by atoms with Gasteiger partial charge in [-0.3, -0.25) is 9.59 Å². The first kappa shape index (κ1) is 21.7. The molecule has 164 valence electrons. The second kappa shape index (κ2) is 8.93. The molecule has 0 spiro atoms. The first-order chi connectivity index (χ1) is 15.3. The summed E-state index contributed by atoms with van der Waals surface area (Å²) in [6.45, 7) is 0.235. The minimum atomic E-state index is -3.87.